The number of amides is 2. The molecule has 10 nitrogen and oxygen atoms in total. The zero-order chi connectivity index (χ0) is 30.9. The van der Waals surface area contributed by atoms with E-state index in [4.69, 9.17) is 0 Å². The normalized spacial score (nSPS) is 17.1. The van der Waals surface area contributed by atoms with Crippen molar-refractivity contribution in [2.45, 2.75) is 59.4 Å². The molecule has 2 aliphatic rings. The lowest BCUT2D eigenvalue weighted by Gasteiger charge is -2.40. The summed E-state index contributed by atoms with van der Waals surface area (Å²) in [5.74, 6) is 2.45. The summed E-state index contributed by atoms with van der Waals surface area (Å²) in [5.41, 5.74) is 2.38. The monoisotopic (exact) mass is 602 g/mol. The molecule has 2 fully saturated rings. The second kappa shape index (κ2) is 15.0. The molecule has 0 saturated carbocycles. The van der Waals surface area contributed by atoms with E-state index in [2.05, 4.69) is 61.0 Å². The molecular weight excluding hydrogens is 552 g/mol. The van der Waals surface area contributed by atoms with Crippen LogP contribution in [0, 0.1) is 17.3 Å². The van der Waals surface area contributed by atoms with E-state index in [1.54, 1.807) is 12.4 Å². The Morgan fingerprint density at radius 2 is 1.57 bits per heavy atom. The van der Waals surface area contributed by atoms with Crippen molar-refractivity contribution in [2.75, 3.05) is 52.4 Å². The van der Waals surface area contributed by atoms with Crippen LogP contribution in [0.4, 0.5) is 0 Å². The molecule has 2 saturated heterocycles. The molecule has 0 aliphatic carbocycles. The molecule has 0 radical (unpaired) electrons. The Balaban J connectivity index is 1.21. The SMILES string of the molecule is CC(=O)NCCN(CC(Cc1ncc[nH]1)Cc1ncc[nH]1)C(=O)c1ccc(CN2CCC3(CCN(CC(C)C)CC3)C2)cc1. The van der Waals surface area contributed by atoms with E-state index in [-0.39, 0.29) is 17.7 Å². The zero-order valence-corrected chi connectivity index (χ0v) is 26.7. The summed E-state index contributed by atoms with van der Waals surface area (Å²) in [7, 11) is 0. The fraction of sp³-hybridized carbons (Fsp3) is 0.588. The highest BCUT2D eigenvalue weighted by atomic mass is 16.2. The summed E-state index contributed by atoms with van der Waals surface area (Å²) in [5, 5.41) is 2.85. The van der Waals surface area contributed by atoms with Crippen molar-refractivity contribution in [3.63, 3.8) is 0 Å². The number of nitrogens with one attached hydrogen (secondary N) is 3. The maximum atomic E-state index is 13.9. The third kappa shape index (κ3) is 9.01. The molecule has 0 unspecified atom stereocenters. The number of carbonyl (C=O) groups is 2. The van der Waals surface area contributed by atoms with Crippen molar-refractivity contribution in [2.24, 2.45) is 17.3 Å². The highest BCUT2D eigenvalue weighted by Crippen LogP contribution is 2.41. The number of imidazole rings is 2. The summed E-state index contributed by atoms with van der Waals surface area (Å²) >= 11 is 0. The number of H-pyrrole nitrogens is 2. The van der Waals surface area contributed by atoms with Crippen LogP contribution in [0.2, 0.25) is 0 Å². The number of aromatic amines is 2. The predicted octanol–water partition coefficient (Wildman–Crippen LogP) is 3.76. The largest absolute Gasteiger partial charge is 0.355 e. The second-order valence-electron chi connectivity index (χ2n) is 13.4. The van der Waals surface area contributed by atoms with Gasteiger partial charge >= 0.3 is 0 Å². The van der Waals surface area contributed by atoms with Crippen LogP contribution in [0.25, 0.3) is 0 Å². The third-order valence-corrected chi connectivity index (χ3v) is 9.26. The molecule has 238 valence electrons. The van der Waals surface area contributed by atoms with Gasteiger partial charge in [-0.2, -0.15) is 0 Å². The zero-order valence-electron chi connectivity index (χ0n) is 26.7. The van der Waals surface area contributed by atoms with E-state index in [0.29, 0.717) is 43.5 Å². The van der Waals surface area contributed by atoms with Gasteiger partial charge in [0.1, 0.15) is 11.6 Å². The molecule has 4 heterocycles. The molecule has 10 heteroatoms. The molecular formula is C34H50N8O2. The predicted molar refractivity (Wildman–Crippen MR) is 172 cm³/mol. The molecule has 3 aromatic rings. The fourth-order valence-corrected chi connectivity index (χ4v) is 7.01. The smallest absolute Gasteiger partial charge is 0.253 e. The van der Waals surface area contributed by atoms with Crippen LogP contribution in [0.15, 0.2) is 49.1 Å². The van der Waals surface area contributed by atoms with Crippen LogP contribution in [-0.2, 0) is 24.2 Å². The van der Waals surface area contributed by atoms with Gasteiger partial charge in [-0.25, -0.2) is 9.97 Å². The van der Waals surface area contributed by atoms with Crippen LogP contribution in [-0.4, -0.2) is 98.8 Å². The number of piperidine rings is 1. The van der Waals surface area contributed by atoms with E-state index in [0.717, 1.165) is 30.7 Å². The molecule has 2 aromatic heterocycles. The molecule has 44 heavy (non-hydrogen) atoms. The standard InChI is InChI=1S/C34H50N8O2/c1-26(2)22-40-16-8-34(9-17-40)10-18-41(25-34)23-28-4-6-30(7-5-28)33(44)42(19-15-35-27(3)43)24-29(20-31-36-11-12-37-31)21-32-38-13-14-39-32/h4-7,11-14,26,29H,8-10,15-25H2,1-3H3,(H,35,43)(H,36,37)(H,38,39). The van der Waals surface area contributed by atoms with Gasteiger partial charge in [0.2, 0.25) is 5.91 Å². The molecule has 1 spiro atoms. The van der Waals surface area contributed by atoms with Crippen LogP contribution in [0.1, 0.15) is 67.6 Å². The number of likely N-dealkylation sites (tertiary alicyclic amines) is 2. The van der Waals surface area contributed by atoms with Crippen molar-refractivity contribution >= 4 is 11.8 Å². The number of hydrogen-bond donors (Lipinski definition) is 3. The second-order valence-corrected chi connectivity index (χ2v) is 13.4. The van der Waals surface area contributed by atoms with Crippen molar-refractivity contribution in [1.82, 2.24) is 40.0 Å². The number of aromatic nitrogens is 4. The number of benzene rings is 1. The van der Waals surface area contributed by atoms with Crippen LogP contribution < -0.4 is 5.32 Å². The number of nitrogens with zero attached hydrogens (tertiary/aromatic N) is 5. The van der Waals surface area contributed by atoms with E-state index < -0.39 is 0 Å². The van der Waals surface area contributed by atoms with Gasteiger partial charge in [-0.05, 0) is 73.8 Å². The molecule has 2 aliphatic heterocycles. The first-order chi connectivity index (χ1) is 21.3. The van der Waals surface area contributed by atoms with Gasteiger partial charge in [0.25, 0.3) is 5.91 Å². The molecule has 5 rings (SSSR count). The summed E-state index contributed by atoms with van der Waals surface area (Å²) in [4.78, 5) is 47.8. The Morgan fingerprint density at radius 1 is 0.955 bits per heavy atom. The van der Waals surface area contributed by atoms with Crippen LogP contribution >= 0.6 is 0 Å². The van der Waals surface area contributed by atoms with Gasteiger partial charge in [-0.1, -0.05) is 26.0 Å². The van der Waals surface area contributed by atoms with E-state index >= 15 is 0 Å². The minimum atomic E-state index is -0.103. The lowest BCUT2D eigenvalue weighted by Crippen LogP contribution is -2.42. The van der Waals surface area contributed by atoms with Gasteiger partial charge in [-0.15, -0.1) is 0 Å². The Bertz CT molecular complexity index is 1260. The number of hydrogen-bond acceptors (Lipinski definition) is 6. The lowest BCUT2D eigenvalue weighted by atomic mass is 9.77. The first-order valence-electron chi connectivity index (χ1n) is 16.3. The number of carbonyl (C=O) groups excluding carboxylic acids is 2. The minimum Gasteiger partial charge on any atom is -0.355 e. The first kappa shape index (κ1) is 31.9. The van der Waals surface area contributed by atoms with E-state index in [1.165, 1.54) is 57.9 Å². The van der Waals surface area contributed by atoms with Gasteiger partial charge in [-0.3, -0.25) is 14.5 Å². The molecule has 2 amide bonds. The topological polar surface area (TPSA) is 113 Å². The van der Waals surface area contributed by atoms with Crippen molar-refractivity contribution in [3.05, 3.63) is 71.8 Å². The van der Waals surface area contributed by atoms with E-state index in [1.807, 2.05) is 29.4 Å². The lowest BCUT2D eigenvalue weighted by molar-refractivity contribution is -0.119. The first-order valence-corrected chi connectivity index (χ1v) is 16.3. The van der Waals surface area contributed by atoms with Crippen molar-refractivity contribution in [3.8, 4) is 0 Å². The van der Waals surface area contributed by atoms with Crippen LogP contribution in [0.3, 0.4) is 0 Å². The Morgan fingerprint density at radius 3 is 2.11 bits per heavy atom. The Kier molecular flexibility index (Phi) is 10.9. The molecule has 0 atom stereocenters. The molecule has 0 bridgehead atoms. The summed E-state index contributed by atoms with van der Waals surface area (Å²) in [6.45, 7) is 14.4. The third-order valence-electron chi connectivity index (χ3n) is 9.26. The highest BCUT2D eigenvalue weighted by molar-refractivity contribution is 5.94. The van der Waals surface area contributed by atoms with Crippen LogP contribution in [0.5, 0.6) is 0 Å². The average Bonchev–Trinajstić information content (AvgIpc) is 3.78. The number of rotatable bonds is 14. The summed E-state index contributed by atoms with van der Waals surface area (Å²) in [6, 6.07) is 8.15. The van der Waals surface area contributed by atoms with E-state index in [9.17, 15) is 9.59 Å². The van der Waals surface area contributed by atoms with Gasteiger partial charge in [0.05, 0.1) is 0 Å². The maximum Gasteiger partial charge on any atom is 0.253 e. The van der Waals surface area contributed by atoms with Gasteiger partial charge in [0.15, 0.2) is 0 Å². The molecule has 1 aromatic carbocycles. The van der Waals surface area contributed by atoms with Crippen molar-refractivity contribution < 1.29 is 9.59 Å². The quantitative estimate of drug-likeness (QED) is 0.259. The van der Waals surface area contributed by atoms with Gasteiger partial charge < -0.3 is 25.1 Å². The summed E-state index contributed by atoms with van der Waals surface area (Å²) < 4.78 is 0. The minimum absolute atomic E-state index is 0.0286. The maximum absolute atomic E-state index is 13.9. The van der Waals surface area contributed by atoms with Crippen molar-refractivity contribution in [1.29, 1.82) is 0 Å². The Hall–Kier alpha value is -3.50. The highest BCUT2D eigenvalue weighted by Gasteiger charge is 2.40. The summed E-state index contributed by atoms with van der Waals surface area (Å²) in [6.07, 6.45) is 12.4. The fourth-order valence-electron chi connectivity index (χ4n) is 7.01. The molecule has 3 N–H and O–H groups in total. The van der Waals surface area contributed by atoms with Gasteiger partial charge in [0, 0.05) is 89.4 Å². The Labute approximate surface area is 262 Å². The average molecular weight is 603 g/mol.